The molecule has 0 saturated heterocycles. The number of hydrogen-bond acceptors (Lipinski definition) is 4. The molecule has 0 spiro atoms. The Balaban J connectivity index is 1.78. The highest BCUT2D eigenvalue weighted by Crippen LogP contribution is 2.45. The molecule has 1 atom stereocenters. The van der Waals surface area contributed by atoms with Gasteiger partial charge in [-0.25, -0.2) is 0 Å². The van der Waals surface area contributed by atoms with Crippen molar-refractivity contribution in [1.82, 2.24) is 4.98 Å². The molecule has 1 N–H and O–H groups in total. The number of aromatic nitrogens is 1. The van der Waals surface area contributed by atoms with Crippen molar-refractivity contribution in [3.05, 3.63) is 110 Å². The molecule has 0 fully saturated rings. The fraction of sp³-hybridized carbons (Fsp3) is 0.0833. The molecule has 0 aliphatic heterocycles. The van der Waals surface area contributed by atoms with Gasteiger partial charge in [0, 0.05) is 51.3 Å². The van der Waals surface area contributed by atoms with E-state index in [2.05, 4.69) is 4.98 Å². The number of nitro groups is 1. The zero-order valence-corrected chi connectivity index (χ0v) is 16.8. The minimum atomic E-state index is -1.06. The molecule has 7 heteroatoms. The molecule has 31 heavy (non-hydrogen) atoms. The molecule has 1 unspecified atom stereocenters. The Morgan fingerprint density at radius 1 is 0.903 bits per heavy atom. The van der Waals surface area contributed by atoms with Crippen LogP contribution in [0.15, 0.2) is 72.9 Å². The molecule has 1 aromatic heterocycles. The van der Waals surface area contributed by atoms with Crippen molar-refractivity contribution < 1.29 is 14.5 Å². The summed E-state index contributed by atoms with van der Waals surface area (Å²) in [7, 11) is 0. The number of fused-ring (bicyclic) bond motifs is 2. The summed E-state index contributed by atoms with van der Waals surface area (Å²) in [6.07, 6.45) is 1.74. The van der Waals surface area contributed by atoms with Gasteiger partial charge in [-0.15, -0.1) is 0 Å². The summed E-state index contributed by atoms with van der Waals surface area (Å²) in [5, 5.41) is 12.5. The number of aromatic amines is 1. The van der Waals surface area contributed by atoms with Crippen molar-refractivity contribution >= 4 is 39.8 Å². The number of para-hydroxylation sites is 1. The van der Waals surface area contributed by atoms with Gasteiger partial charge in [0.25, 0.3) is 5.69 Å². The number of nitrogens with one attached hydrogen (secondary N) is 1. The molecule has 0 radical (unpaired) electrons. The molecule has 1 heterocycles. The number of H-pyrrole nitrogens is 1. The Labute approximate surface area is 181 Å². The molecule has 0 bridgehead atoms. The maximum atomic E-state index is 13.4. The van der Waals surface area contributed by atoms with Crippen LogP contribution in [0, 0.1) is 16.0 Å². The highest BCUT2D eigenvalue weighted by molar-refractivity contribution is 6.32. The second kappa shape index (κ2) is 7.18. The number of rotatable bonds is 4. The first kappa shape index (κ1) is 19.2. The number of hydrogen-bond donors (Lipinski definition) is 1. The molecule has 3 aromatic carbocycles. The predicted molar refractivity (Wildman–Crippen MR) is 117 cm³/mol. The van der Waals surface area contributed by atoms with Gasteiger partial charge < -0.3 is 4.98 Å². The summed E-state index contributed by atoms with van der Waals surface area (Å²) < 4.78 is 0. The number of nitro benzene ring substituents is 1. The summed E-state index contributed by atoms with van der Waals surface area (Å²) in [4.78, 5) is 40.8. The first-order valence-electron chi connectivity index (χ1n) is 9.64. The molecular formula is C24H15ClN2O4. The second-order valence-corrected chi connectivity index (χ2v) is 7.89. The maximum absolute atomic E-state index is 13.4. The fourth-order valence-corrected chi connectivity index (χ4v) is 4.67. The van der Waals surface area contributed by atoms with Gasteiger partial charge in [-0.3, -0.25) is 19.7 Å². The number of nitrogens with zero attached hydrogens (tertiary/aromatic N) is 1. The largest absolute Gasteiger partial charge is 0.361 e. The summed E-state index contributed by atoms with van der Waals surface area (Å²) >= 11 is 6.49. The minimum Gasteiger partial charge on any atom is -0.361 e. The van der Waals surface area contributed by atoms with Gasteiger partial charge in [-0.05, 0) is 23.3 Å². The normalized spacial score (nSPS) is 14.7. The average molecular weight is 431 g/mol. The van der Waals surface area contributed by atoms with Crippen LogP contribution in [-0.2, 0) is 0 Å². The molecule has 5 rings (SSSR count). The van der Waals surface area contributed by atoms with Crippen molar-refractivity contribution in [3.63, 3.8) is 0 Å². The van der Waals surface area contributed by atoms with E-state index in [4.69, 9.17) is 11.6 Å². The SMILES string of the molecule is O=C1c2ccccc2C(=O)C1C(c1cc([N+](=O)[O-])ccc1Cl)c1c[nH]c2ccccc12. The first-order chi connectivity index (χ1) is 15.0. The van der Waals surface area contributed by atoms with Crippen molar-refractivity contribution in [3.8, 4) is 0 Å². The van der Waals surface area contributed by atoms with Gasteiger partial charge in [0.1, 0.15) is 0 Å². The monoisotopic (exact) mass is 430 g/mol. The highest BCUT2D eigenvalue weighted by atomic mass is 35.5. The summed E-state index contributed by atoms with van der Waals surface area (Å²) in [6, 6.07) is 18.3. The van der Waals surface area contributed by atoms with Crippen LogP contribution >= 0.6 is 11.6 Å². The third kappa shape index (κ3) is 2.95. The van der Waals surface area contributed by atoms with Crippen molar-refractivity contribution in [2.75, 3.05) is 0 Å². The van der Waals surface area contributed by atoms with Gasteiger partial charge >= 0.3 is 0 Å². The lowest BCUT2D eigenvalue weighted by atomic mass is 9.78. The number of carbonyl (C=O) groups is 2. The summed E-state index contributed by atoms with van der Waals surface area (Å²) in [6.45, 7) is 0. The number of Topliss-reactive ketones (excluding diaryl/α,β-unsaturated/α-hetero) is 2. The van der Waals surface area contributed by atoms with Crippen LogP contribution in [0.25, 0.3) is 10.9 Å². The Morgan fingerprint density at radius 2 is 1.55 bits per heavy atom. The van der Waals surface area contributed by atoms with E-state index in [1.54, 1.807) is 30.5 Å². The Hall–Kier alpha value is -3.77. The molecule has 6 nitrogen and oxygen atoms in total. The topological polar surface area (TPSA) is 93.1 Å². The fourth-order valence-electron chi connectivity index (χ4n) is 4.43. The molecule has 1 aliphatic rings. The molecule has 0 saturated carbocycles. The van der Waals surface area contributed by atoms with Gasteiger partial charge in [0.2, 0.25) is 0 Å². The zero-order chi connectivity index (χ0) is 21.7. The van der Waals surface area contributed by atoms with Crippen LogP contribution in [0.4, 0.5) is 5.69 Å². The molecule has 1 aliphatic carbocycles. The lowest BCUT2D eigenvalue weighted by Crippen LogP contribution is -2.25. The zero-order valence-electron chi connectivity index (χ0n) is 16.0. The molecule has 0 amide bonds. The van der Waals surface area contributed by atoms with Gasteiger partial charge in [-0.2, -0.15) is 0 Å². The lowest BCUT2D eigenvalue weighted by Gasteiger charge is -2.23. The van der Waals surface area contributed by atoms with E-state index in [0.717, 1.165) is 10.9 Å². The van der Waals surface area contributed by atoms with Gasteiger partial charge in [0.05, 0.1) is 10.8 Å². The van der Waals surface area contributed by atoms with Crippen LogP contribution < -0.4 is 0 Å². The predicted octanol–water partition coefficient (Wildman–Crippen LogP) is 5.56. The van der Waals surface area contributed by atoms with Gasteiger partial charge in [-0.1, -0.05) is 54.1 Å². The first-order valence-corrected chi connectivity index (χ1v) is 10.0. The molecular weight excluding hydrogens is 416 g/mol. The summed E-state index contributed by atoms with van der Waals surface area (Å²) in [5.41, 5.74) is 2.48. The summed E-state index contributed by atoms with van der Waals surface area (Å²) in [5.74, 6) is -2.45. The van der Waals surface area contributed by atoms with Crippen LogP contribution in [0.5, 0.6) is 0 Å². The van der Waals surface area contributed by atoms with E-state index < -0.39 is 16.8 Å². The van der Waals surface area contributed by atoms with E-state index in [9.17, 15) is 19.7 Å². The Bertz CT molecular complexity index is 1360. The van der Waals surface area contributed by atoms with Crippen LogP contribution in [0.1, 0.15) is 37.8 Å². The van der Waals surface area contributed by atoms with Crippen LogP contribution in [0.2, 0.25) is 5.02 Å². The minimum absolute atomic E-state index is 0.153. The Morgan fingerprint density at radius 3 is 2.23 bits per heavy atom. The number of halogens is 1. The van der Waals surface area contributed by atoms with Crippen LogP contribution in [-0.4, -0.2) is 21.5 Å². The lowest BCUT2D eigenvalue weighted by molar-refractivity contribution is -0.384. The third-order valence-corrected chi connectivity index (χ3v) is 6.18. The third-order valence-electron chi connectivity index (χ3n) is 5.84. The Kier molecular flexibility index (Phi) is 4.45. The number of benzene rings is 3. The van der Waals surface area contributed by atoms with Gasteiger partial charge in [0.15, 0.2) is 11.6 Å². The smallest absolute Gasteiger partial charge is 0.269 e. The maximum Gasteiger partial charge on any atom is 0.269 e. The van der Waals surface area contributed by atoms with Crippen molar-refractivity contribution in [2.24, 2.45) is 5.92 Å². The van der Waals surface area contributed by atoms with E-state index in [1.807, 2.05) is 24.3 Å². The molecule has 4 aromatic rings. The second-order valence-electron chi connectivity index (χ2n) is 7.48. The highest BCUT2D eigenvalue weighted by Gasteiger charge is 2.45. The average Bonchev–Trinajstić information content (AvgIpc) is 3.30. The van der Waals surface area contributed by atoms with E-state index in [1.165, 1.54) is 18.2 Å². The van der Waals surface area contributed by atoms with Crippen LogP contribution in [0.3, 0.4) is 0 Å². The van der Waals surface area contributed by atoms with E-state index in [-0.39, 0.29) is 22.3 Å². The van der Waals surface area contributed by atoms with E-state index in [0.29, 0.717) is 22.3 Å². The number of ketones is 2. The van der Waals surface area contributed by atoms with Crippen molar-refractivity contribution in [2.45, 2.75) is 5.92 Å². The number of carbonyl (C=O) groups excluding carboxylic acids is 2. The number of non-ortho nitro benzene ring substituents is 1. The standard InChI is InChI=1S/C24H15ClN2O4/c25-19-10-9-13(27(30)31)11-17(19)21(18-12-26-20-8-4-3-5-14(18)20)22-23(28)15-6-1-2-7-16(15)24(22)29/h1-12,21-22,26H. The molecule has 152 valence electrons. The van der Waals surface area contributed by atoms with Crippen molar-refractivity contribution in [1.29, 1.82) is 0 Å². The quantitative estimate of drug-likeness (QED) is 0.260. The van der Waals surface area contributed by atoms with E-state index >= 15 is 0 Å².